The molecule has 1 atom stereocenters. The van der Waals surface area contributed by atoms with Crippen LogP contribution in [0.25, 0.3) is 6.08 Å². The van der Waals surface area contributed by atoms with Gasteiger partial charge < -0.3 is 19.5 Å². The van der Waals surface area contributed by atoms with Gasteiger partial charge in [0.1, 0.15) is 0 Å². The molecule has 1 amide bonds. The van der Waals surface area contributed by atoms with Gasteiger partial charge in [0.05, 0.1) is 19.3 Å². The van der Waals surface area contributed by atoms with Gasteiger partial charge in [-0.05, 0) is 42.1 Å². The molecule has 1 aliphatic heterocycles. The molecule has 0 fully saturated rings. The molecular formula is C20H21NO5S. The van der Waals surface area contributed by atoms with Crippen molar-refractivity contribution >= 4 is 29.3 Å². The van der Waals surface area contributed by atoms with Crippen molar-refractivity contribution in [3.63, 3.8) is 0 Å². The van der Waals surface area contributed by atoms with Crippen molar-refractivity contribution in [2.45, 2.75) is 19.4 Å². The van der Waals surface area contributed by atoms with Crippen LogP contribution in [0.3, 0.4) is 0 Å². The predicted octanol–water partition coefficient (Wildman–Crippen LogP) is 3.34. The van der Waals surface area contributed by atoms with E-state index in [9.17, 15) is 9.59 Å². The number of hydrogen-bond donors (Lipinski definition) is 1. The van der Waals surface area contributed by atoms with Gasteiger partial charge in [0.15, 0.2) is 18.1 Å². The number of amides is 1. The smallest absolute Gasteiger partial charge is 0.331 e. The first kappa shape index (κ1) is 19.0. The van der Waals surface area contributed by atoms with Crippen LogP contribution in [0, 0.1) is 0 Å². The largest absolute Gasteiger partial charge is 0.490 e. The Labute approximate surface area is 161 Å². The summed E-state index contributed by atoms with van der Waals surface area (Å²) in [6, 6.07) is 9.19. The molecule has 0 saturated heterocycles. The first-order chi connectivity index (χ1) is 13.1. The standard InChI is InChI=1S/C20H21NO5S/c1-14(18-4-2-11-27-18)21-19(22)13-26-20(23)8-6-15-5-7-16-17(12-15)25-10-3-9-24-16/h2,4-8,11-12,14H,3,9-10,13H2,1H3,(H,21,22)/b8-6+/t14-/m0/s1. The highest BCUT2D eigenvalue weighted by Gasteiger charge is 2.12. The Kier molecular flexibility index (Phi) is 6.49. The molecule has 142 valence electrons. The number of benzene rings is 1. The maximum Gasteiger partial charge on any atom is 0.331 e. The van der Waals surface area contributed by atoms with Crippen LogP contribution < -0.4 is 14.8 Å². The summed E-state index contributed by atoms with van der Waals surface area (Å²) in [5.74, 6) is 0.433. The van der Waals surface area contributed by atoms with Crippen molar-refractivity contribution in [1.82, 2.24) is 5.32 Å². The van der Waals surface area contributed by atoms with Crippen molar-refractivity contribution < 1.29 is 23.8 Å². The second-order valence-electron chi connectivity index (χ2n) is 6.00. The molecule has 1 aromatic heterocycles. The lowest BCUT2D eigenvalue weighted by Gasteiger charge is -2.11. The Bertz CT molecular complexity index is 816. The second kappa shape index (κ2) is 9.23. The first-order valence-electron chi connectivity index (χ1n) is 8.69. The van der Waals surface area contributed by atoms with Gasteiger partial charge in [-0.3, -0.25) is 4.79 Å². The Hall–Kier alpha value is -2.80. The fourth-order valence-corrected chi connectivity index (χ4v) is 3.26. The van der Waals surface area contributed by atoms with Gasteiger partial charge in [-0.25, -0.2) is 4.79 Å². The summed E-state index contributed by atoms with van der Waals surface area (Å²) in [5, 5.41) is 4.74. The monoisotopic (exact) mass is 387 g/mol. The molecule has 2 aromatic rings. The third kappa shape index (κ3) is 5.59. The topological polar surface area (TPSA) is 73.9 Å². The quantitative estimate of drug-likeness (QED) is 0.608. The zero-order chi connectivity index (χ0) is 19.1. The maximum atomic E-state index is 11.9. The van der Waals surface area contributed by atoms with E-state index in [0.717, 1.165) is 16.9 Å². The molecular weight excluding hydrogens is 366 g/mol. The minimum Gasteiger partial charge on any atom is -0.490 e. The number of hydrogen-bond acceptors (Lipinski definition) is 6. The number of ether oxygens (including phenoxy) is 3. The van der Waals surface area contributed by atoms with Crippen LogP contribution in [0.15, 0.2) is 41.8 Å². The van der Waals surface area contributed by atoms with Gasteiger partial charge in [0.2, 0.25) is 0 Å². The summed E-state index contributed by atoms with van der Waals surface area (Å²) in [5.41, 5.74) is 0.784. The van der Waals surface area contributed by atoms with Crippen LogP contribution in [-0.4, -0.2) is 31.7 Å². The van der Waals surface area contributed by atoms with E-state index < -0.39 is 5.97 Å². The Morgan fingerprint density at radius 2 is 2.07 bits per heavy atom. The number of carbonyl (C=O) groups is 2. The number of rotatable bonds is 6. The highest BCUT2D eigenvalue weighted by molar-refractivity contribution is 7.10. The third-order valence-electron chi connectivity index (χ3n) is 3.88. The van der Waals surface area contributed by atoms with Gasteiger partial charge in [-0.1, -0.05) is 12.1 Å². The molecule has 1 N–H and O–H groups in total. The molecule has 3 rings (SSSR count). The molecule has 27 heavy (non-hydrogen) atoms. The van der Waals surface area contributed by atoms with E-state index >= 15 is 0 Å². The Balaban J connectivity index is 1.47. The van der Waals surface area contributed by atoms with Crippen molar-refractivity contribution in [1.29, 1.82) is 0 Å². The van der Waals surface area contributed by atoms with E-state index in [4.69, 9.17) is 14.2 Å². The molecule has 0 saturated carbocycles. The zero-order valence-electron chi connectivity index (χ0n) is 15.0. The van der Waals surface area contributed by atoms with E-state index in [1.807, 2.05) is 36.6 Å². The normalized spacial score (nSPS) is 14.4. The lowest BCUT2D eigenvalue weighted by Crippen LogP contribution is -2.30. The summed E-state index contributed by atoms with van der Waals surface area (Å²) in [6.07, 6.45) is 3.73. The fourth-order valence-electron chi connectivity index (χ4n) is 2.52. The first-order valence-corrected chi connectivity index (χ1v) is 9.57. The second-order valence-corrected chi connectivity index (χ2v) is 6.98. The third-order valence-corrected chi connectivity index (χ3v) is 4.93. The van der Waals surface area contributed by atoms with Crippen molar-refractivity contribution in [2.24, 2.45) is 0 Å². The van der Waals surface area contributed by atoms with Gasteiger partial charge in [0.25, 0.3) is 5.91 Å². The average Bonchev–Trinajstić information content (AvgIpc) is 3.11. The van der Waals surface area contributed by atoms with E-state index in [0.29, 0.717) is 24.7 Å². The SMILES string of the molecule is C[C@H](NC(=O)COC(=O)/C=C/c1ccc2c(c1)OCCCO2)c1cccs1. The molecule has 0 radical (unpaired) electrons. The lowest BCUT2D eigenvalue weighted by molar-refractivity contribution is -0.144. The Morgan fingerprint density at radius 3 is 2.85 bits per heavy atom. The molecule has 0 aliphatic carbocycles. The summed E-state index contributed by atoms with van der Waals surface area (Å²) >= 11 is 1.56. The summed E-state index contributed by atoms with van der Waals surface area (Å²) in [6.45, 7) is 2.79. The van der Waals surface area contributed by atoms with Crippen LogP contribution >= 0.6 is 11.3 Å². The van der Waals surface area contributed by atoms with E-state index in [2.05, 4.69) is 5.32 Å². The molecule has 7 heteroatoms. The van der Waals surface area contributed by atoms with Crippen LogP contribution in [0.1, 0.15) is 29.8 Å². The van der Waals surface area contributed by atoms with Gasteiger partial charge in [-0.15, -0.1) is 11.3 Å². The number of nitrogens with one attached hydrogen (secondary N) is 1. The fraction of sp³-hybridized carbons (Fsp3) is 0.300. The van der Waals surface area contributed by atoms with Gasteiger partial charge >= 0.3 is 5.97 Å². The van der Waals surface area contributed by atoms with Crippen LogP contribution in [-0.2, 0) is 14.3 Å². The molecule has 0 spiro atoms. The summed E-state index contributed by atoms with van der Waals surface area (Å²) < 4.78 is 16.2. The van der Waals surface area contributed by atoms with E-state index in [1.54, 1.807) is 23.5 Å². The number of esters is 1. The Morgan fingerprint density at radius 1 is 1.26 bits per heavy atom. The number of thiophene rings is 1. The maximum absolute atomic E-state index is 11.9. The highest BCUT2D eigenvalue weighted by atomic mass is 32.1. The molecule has 0 unspecified atom stereocenters. The molecule has 1 aromatic carbocycles. The number of carbonyl (C=O) groups excluding carboxylic acids is 2. The highest BCUT2D eigenvalue weighted by Crippen LogP contribution is 2.30. The van der Waals surface area contributed by atoms with Crippen molar-refractivity contribution in [3.8, 4) is 11.5 Å². The van der Waals surface area contributed by atoms with Crippen LogP contribution in [0.5, 0.6) is 11.5 Å². The average molecular weight is 387 g/mol. The van der Waals surface area contributed by atoms with Crippen LogP contribution in [0.2, 0.25) is 0 Å². The lowest BCUT2D eigenvalue weighted by atomic mass is 10.2. The van der Waals surface area contributed by atoms with E-state index in [1.165, 1.54) is 6.08 Å². The summed E-state index contributed by atoms with van der Waals surface area (Å²) in [7, 11) is 0. The minimum absolute atomic E-state index is 0.117. The zero-order valence-corrected chi connectivity index (χ0v) is 15.8. The summed E-state index contributed by atoms with van der Waals surface area (Å²) in [4.78, 5) is 24.8. The predicted molar refractivity (Wildman–Crippen MR) is 103 cm³/mol. The van der Waals surface area contributed by atoms with Gasteiger partial charge in [-0.2, -0.15) is 0 Å². The number of fused-ring (bicyclic) bond motifs is 1. The molecule has 6 nitrogen and oxygen atoms in total. The van der Waals surface area contributed by atoms with E-state index in [-0.39, 0.29) is 18.6 Å². The van der Waals surface area contributed by atoms with Crippen LogP contribution in [0.4, 0.5) is 0 Å². The van der Waals surface area contributed by atoms with Crippen molar-refractivity contribution in [2.75, 3.05) is 19.8 Å². The molecule has 1 aliphatic rings. The molecule has 2 heterocycles. The minimum atomic E-state index is -0.582. The molecule has 0 bridgehead atoms. The van der Waals surface area contributed by atoms with Crippen molar-refractivity contribution in [3.05, 3.63) is 52.2 Å². The van der Waals surface area contributed by atoms with Gasteiger partial charge in [0, 0.05) is 17.4 Å².